The van der Waals surface area contributed by atoms with Crippen molar-refractivity contribution in [1.82, 2.24) is 10.2 Å². The molecule has 0 bridgehead atoms. The van der Waals surface area contributed by atoms with E-state index in [2.05, 4.69) is 27.8 Å². The SMILES string of the molecule is COC(=O)C(CCC(N)=O)NC(=O)c1ccc(NCC#Cc2sc3c(NC4CCN(C)CC4F)cccc3c2CC(F)(F)F)c(OCCO)c1. The number of carbonyl (C=O) groups excluding carboxylic acids is 3. The number of methoxy groups -OCH3 is 1. The highest BCUT2D eigenvalue weighted by atomic mass is 32.1. The average molecular weight is 722 g/mol. The van der Waals surface area contributed by atoms with E-state index in [1.807, 2.05) is 11.9 Å². The number of anilines is 2. The van der Waals surface area contributed by atoms with Crippen molar-refractivity contribution in [2.24, 2.45) is 5.73 Å². The third-order valence-electron chi connectivity index (χ3n) is 7.91. The molecular formula is C34H39F4N5O6S. The number of aliphatic hydroxyl groups excluding tert-OH is 1. The zero-order chi connectivity index (χ0) is 36.4. The summed E-state index contributed by atoms with van der Waals surface area (Å²) in [5.74, 6) is 3.81. The second-order valence-corrected chi connectivity index (χ2v) is 12.7. The molecule has 1 fully saturated rings. The number of primary amides is 1. The molecule has 0 aliphatic carbocycles. The van der Waals surface area contributed by atoms with E-state index in [0.717, 1.165) is 18.4 Å². The molecule has 6 N–H and O–H groups in total. The van der Waals surface area contributed by atoms with Crippen molar-refractivity contribution < 1.29 is 46.5 Å². The number of halogens is 4. The maximum Gasteiger partial charge on any atom is 0.393 e. The first-order valence-corrected chi connectivity index (χ1v) is 16.6. The van der Waals surface area contributed by atoms with Crippen LogP contribution < -0.4 is 26.4 Å². The minimum absolute atomic E-state index is 0.0253. The highest BCUT2D eigenvalue weighted by Gasteiger charge is 2.32. The highest BCUT2D eigenvalue weighted by molar-refractivity contribution is 7.20. The molecule has 4 rings (SSSR count). The maximum absolute atomic E-state index is 14.8. The summed E-state index contributed by atoms with van der Waals surface area (Å²) in [5, 5.41) is 18.4. The van der Waals surface area contributed by atoms with Gasteiger partial charge in [-0.25, -0.2) is 9.18 Å². The number of carbonyl (C=O) groups is 3. The van der Waals surface area contributed by atoms with Crippen LogP contribution >= 0.6 is 11.3 Å². The smallest absolute Gasteiger partial charge is 0.393 e. The topological polar surface area (TPSA) is 155 Å². The summed E-state index contributed by atoms with van der Waals surface area (Å²) >= 11 is 1.11. The van der Waals surface area contributed by atoms with E-state index in [-0.39, 0.29) is 60.9 Å². The number of rotatable bonds is 14. The molecule has 50 heavy (non-hydrogen) atoms. The number of ether oxygens (including phenoxy) is 2. The summed E-state index contributed by atoms with van der Waals surface area (Å²) in [4.78, 5) is 38.4. The number of alkyl halides is 4. The summed E-state index contributed by atoms with van der Waals surface area (Å²) in [6.45, 7) is 0.481. The van der Waals surface area contributed by atoms with Gasteiger partial charge in [0.1, 0.15) is 24.6 Å². The number of amides is 2. The van der Waals surface area contributed by atoms with Gasteiger partial charge in [0, 0.05) is 25.1 Å². The summed E-state index contributed by atoms with van der Waals surface area (Å²) in [6, 6.07) is 7.70. The Balaban J connectivity index is 1.55. The normalized spacial score (nSPS) is 16.9. The highest BCUT2D eigenvalue weighted by Crippen LogP contribution is 2.39. The van der Waals surface area contributed by atoms with Crippen molar-refractivity contribution in [3.05, 3.63) is 52.4 Å². The number of aliphatic hydroxyl groups is 1. The van der Waals surface area contributed by atoms with Crippen molar-refractivity contribution in [3.8, 4) is 17.6 Å². The third kappa shape index (κ3) is 10.5. The lowest BCUT2D eigenvalue weighted by Crippen LogP contribution is -2.46. The molecule has 3 aromatic rings. The first-order chi connectivity index (χ1) is 23.8. The number of benzene rings is 2. The van der Waals surface area contributed by atoms with Crippen LogP contribution in [0.1, 0.15) is 40.1 Å². The number of thiophene rings is 1. The Morgan fingerprint density at radius 3 is 2.66 bits per heavy atom. The average Bonchev–Trinajstić information content (AvgIpc) is 3.41. The van der Waals surface area contributed by atoms with Crippen LogP contribution in [-0.4, -0.2) is 99.2 Å². The second-order valence-electron chi connectivity index (χ2n) is 11.7. The van der Waals surface area contributed by atoms with Crippen molar-refractivity contribution in [1.29, 1.82) is 0 Å². The number of nitrogens with one attached hydrogen (secondary N) is 3. The Morgan fingerprint density at radius 2 is 1.98 bits per heavy atom. The molecule has 1 aromatic heterocycles. The molecule has 3 unspecified atom stereocenters. The number of likely N-dealkylation sites (tertiary alicyclic amines) is 1. The van der Waals surface area contributed by atoms with Crippen LogP contribution in [0.4, 0.5) is 28.9 Å². The van der Waals surface area contributed by atoms with Crippen molar-refractivity contribution in [2.75, 3.05) is 57.6 Å². The van der Waals surface area contributed by atoms with Gasteiger partial charge >= 0.3 is 12.1 Å². The lowest BCUT2D eigenvalue weighted by atomic mass is 10.0. The minimum atomic E-state index is -4.49. The van der Waals surface area contributed by atoms with E-state index in [4.69, 9.17) is 15.2 Å². The second kappa shape index (κ2) is 17.4. The molecule has 16 heteroatoms. The van der Waals surface area contributed by atoms with Gasteiger partial charge in [-0.3, -0.25) is 9.59 Å². The number of esters is 1. The predicted molar refractivity (Wildman–Crippen MR) is 182 cm³/mol. The lowest BCUT2D eigenvalue weighted by molar-refractivity contribution is -0.143. The molecule has 1 aliphatic rings. The number of nitrogens with zero attached hydrogens (tertiary/aromatic N) is 1. The van der Waals surface area contributed by atoms with E-state index < -0.39 is 48.6 Å². The Labute approximate surface area is 290 Å². The van der Waals surface area contributed by atoms with E-state index in [1.54, 1.807) is 18.2 Å². The Hall–Kier alpha value is -4.59. The van der Waals surface area contributed by atoms with E-state index in [1.165, 1.54) is 18.2 Å². The van der Waals surface area contributed by atoms with E-state index in [0.29, 0.717) is 34.4 Å². The monoisotopic (exact) mass is 721 g/mol. The van der Waals surface area contributed by atoms with Gasteiger partial charge in [0.15, 0.2) is 0 Å². The number of piperidine rings is 1. The summed E-state index contributed by atoms with van der Waals surface area (Å²) in [7, 11) is 2.98. The van der Waals surface area contributed by atoms with Crippen LogP contribution in [0.3, 0.4) is 0 Å². The number of nitrogens with two attached hydrogens (primary N) is 1. The number of hydrogen-bond acceptors (Lipinski definition) is 10. The van der Waals surface area contributed by atoms with Crippen molar-refractivity contribution in [3.63, 3.8) is 0 Å². The van der Waals surface area contributed by atoms with Gasteiger partial charge < -0.3 is 41.2 Å². The van der Waals surface area contributed by atoms with Crippen LogP contribution in [0.25, 0.3) is 10.1 Å². The molecule has 1 aliphatic heterocycles. The predicted octanol–water partition coefficient (Wildman–Crippen LogP) is 3.83. The van der Waals surface area contributed by atoms with Gasteiger partial charge in [0.05, 0.1) is 53.7 Å². The largest absolute Gasteiger partial charge is 0.489 e. The summed E-state index contributed by atoms with van der Waals surface area (Å²) in [6.07, 6.45) is -6.49. The van der Waals surface area contributed by atoms with Crippen molar-refractivity contribution in [2.45, 2.75) is 50.1 Å². The van der Waals surface area contributed by atoms with E-state index in [9.17, 15) is 37.1 Å². The van der Waals surface area contributed by atoms with Crippen LogP contribution in [-0.2, 0) is 20.7 Å². The van der Waals surface area contributed by atoms with Gasteiger partial charge in [-0.2, -0.15) is 13.2 Å². The lowest BCUT2D eigenvalue weighted by Gasteiger charge is -2.33. The molecule has 11 nitrogen and oxygen atoms in total. The van der Waals surface area contributed by atoms with Gasteiger partial charge in [-0.15, -0.1) is 11.3 Å². The Kier molecular flexibility index (Phi) is 13.3. The van der Waals surface area contributed by atoms with Crippen LogP contribution in [0, 0.1) is 11.8 Å². The first-order valence-electron chi connectivity index (χ1n) is 15.8. The molecule has 270 valence electrons. The summed E-state index contributed by atoms with van der Waals surface area (Å²) in [5.41, 5.74) is 6.23. The molecule has 2 amide bonds. The first kappa shape index (κ1) is 38.2. The zero-order valence-electron chi connectivity index (χ0n) is 27.5. The number of hydrogen-bond donors (Lipinski definition) is 5. The molecular weight excluding hydrogens is 682 g/mol. The summed E-state index contributed by atoms with van der Waals surface area (Å²) < 4.78 is 66.8. The quantitative estimate of drug-likeness (QED) is 0.0950. The minimum Gasteiger partial charge on any atom is -0.489 e. The standard InChI is InChI=1S/C34H39F4N5O6S/c1-43-14-12-24(23(35)19-43)41-26-6-3-5-21-22(18-34(36,37)38)29(50-31(21)26)7-4-13-40-25-9-8-20(17-28(25)49-16-15-44)32(46)42-27(33(47)48-2)10-11-30(39)45/h3,5-6,8-9,17,23-24,27,40-41,44H,10-16,18-19H2,1-2H3,(H2,39,45)(H,42,46). The fourth-order valence-corrected chi connectivity index (χ4v) is 6.62. The molecule has 0 radical (unpaired) electrons. The van der Waals surface area contributed by atoms with Crippen LogP contribution in [0.2, 0.25) is 0 Å². The van der Waals surface area contributed by atoms with Crippen LogP contribution in [0.5, 0.6) is 5.75 Å². The molecule has 2 aromatic carbocycles. The van der Waals surface area contributed by atoms with Crippen molar-refractivity contribution >= 4 is 50.6 Å². The zero-order valence-corrected chi connectivity index (χ0v) is 28.3. The van der Waals surface area contributed by atoms with Gasteiger partial charge in [0.25, 0.3) is 5.91 Å². The van der Waals surface area contributed by atoms with Gasteiger partial charge in [0.2, 0.25) is 5.91 Å². The van der Waals surface area contributed by atoms with Crippen LogP contribution in [0.15, 0.2) is 36.4 Å². The maximum atomic E-state index is 14.8. The molecule has 3 atom stereocenters. The number of fused-ring (bicyclic) bond motifs is 1. The molecule has 1 saturated heterocycles. The third-order valence-corrected chi connectivity index (χ3v) is 9.11. The molecule has 0 spiro atoms. The Morgan fingerprint density at radius 1 is 1.20 bits per heavy atom. The van der Waals surface area contributed by atoms with E-state index >= 15 is 0 Å². The fraction of sp³-hybridized carbons (Fsp3) is 0.441. The molecule has 2 heterocycles. The van der Waals surface area contributed by atoms with Gasteiger partial charge in [-0.1, -0.05) is 24.0 Å². The van der Waals surface area contributed by atoms with Gasteiger partial charge in [-0.05, 0) is 55.1 Å². The molecule has 0 saturated carbocycles. The fourth-order valence-electron chi connectivity index (χ4n) is 5.45. The Bertz CT molecular complexity index is 1740.